The van der Waals surface area contributed by atoms with Crippen LogP contribution in [0.3, 0.4) is 0 Å². The van der Waals surface area contributed by atoms with Gasteiger partial charge in [0.2, 0.25) is 5.43 Å². The molecule has 1 aliphatic heterocycles. The molecule has 0 radical (unpaired) electrons. The quantitative estimate of drug-likeness (QED) is 0.547. The highest BCUT2D eigenvalue weighted by molar-refractivity contribution is 7.17. The number of benzene rings is 1. The molecule has 2 aromatic heterocycles. The van der Waals surface area contributed by atoms with Crippen molar-refractivity contribution in [3.05, 3.63) is 74.0 Å². The first-order valence-corrected chi connectivity index (χ1v) is 12.8. The van der Waals surface area contributed by atoms with Crippen molar-refractivity contribution in [1.29, 1.82) is 0 Å². The lowest BCUT2D eigenvalue weighted by molar-refractivity contribution is 0.0858. The van der Waals surface area contributed by atoms with Gasteiger partial charge in [-0.2, -0.15) is 5.10 Å². The average Bonchev–Trinajstić information content (AvgIpc) is 3.50. The smallest absolute Gasteiger partial charge is 0.280 e. The first kappa shape index (κ1) is 23.4. The number of anilines is 1. The summed E-state index contributed by atoms with van der Waals surface area (Å²) in [6.07, 6.45) is 7.24. The number of aryl methyl sites for hydroxylation is 2. The summed E-state index contributed by atoms with van der Waals surface area (Å²) in [5.74, 6) is -0.836. The van der Waals surface area contributed by atoms with Gasteiger partial charge < -0.3 is 15.4 Å². The van der Waals surface area contributed by atoms with E-state index in [1.165, 1.54) is 22.1 Å². The molecule has 3 heterocycles. The van der Waals surface area contributed by atoms with Crippen molar-refractivity contribution < 1.29 is 14.3 Å². The van der Waals surface area contributed by atoms with E-state index in [4.69, 9.17) is 4.74 Å². The number of hydrogen-bond donors (Lipinski definition) is 2. The topological polar surface area (TPSA) is 102 Å². The summed E-state index contributed by atoms with van der Waals surface area (Å²) in [6, 6.07) is 8.96. The molecule has 1 aliphatic carbocycles. The van der Waals surface area contributed by atoms with E-state index in [0.717, 1.165) is 66.8 Å². The third-order valence-electron chi connectivity index (χ3n) is 6.43. The Balaban J connectivity index is 1.42. The molecule has 5 rings (SSSR count). The van der Waals surface area contributed by atoms with Crippen LogP contribution in [-0.2, 0) is 17.6 Å². The standard InChI is InChI=1S/C26H28N4O4S/c1-16-6-4-7-17(14-16)30-12-11-20(31)23(29-30)25(33)28-26-22(19-9-2-3-10-21(19)35-26)24(32)27-15-18-8-5-13-34-18/h4,6-7,11-12,14,18H,2-3,5,8-10,13,15H2,1H3,(H,27,32)(H,28,33)/t18-/m0/s1. The van der Waals surface area contributed by atoms with E-state index in [1.54, 1.807) is 6.20 Å². The number of rotatable bonds is 6. The molecule has 8 nitrogen and oxygen atoms in total. The van der Waals surface area contributed by atoms with E-state index in [1.807, 2.05) is 31.2 Å². The fourth-order valence-electron chi connectivity index (χ4n) is 4.64. The van der Waals surface area contributed by atoms with Gasteiger partial charge in [0.05, 0.1) is 17.4 Å². The minimum atomic E-state index is -0.622. The van der Waals surface area contributed by atoms with Crippen molar-refractivity contribution in [2.75, 3.05) is 18.5 Å². The first-order valence-electron chi connectivity index (χ1n) is 12.0. The van der Waals surface area contributed by atoms with Crippen LogP contribution in [-0.4, -0.2) is 40.9 Å². The Morgan fingerprint density at radius 1 is 1.17 bits per heavy atom. The maximum Gasteiger partial charge on any atom is 0.280 e. The molecule has 2 N–H and O–H groups in total. The molecular formula is C26H28N4O4S. The highest BCUT2D eigenvalue weighted by Gasteiger charge is 2.28. The number of carbonyl (C=O) groups is 2. The lowest BCUT2D eigenvalue weighted by Gasteiger charge is -2.15. The van der Waals surface area contributed by atoms with Crippen LogP contribution in [0.1, 0.15) is 62.5 Å². The molecule has 9 heteroatoms. The van der Waals surface area contributed by atoms with E-state index in [0.29, 0.717) is 17.1 Å². The second kappa shape index (κ2) is 10.1. The van der Waals surface area contributed by atoms with Gasteiger partial charge in [0.15, 0.2) is 5.69 Å². The molecule has 0 spiro atoms. The monoisotopic (exact) mass is 492 g/mol. The van der Waals surface area contributed by atoms with Crippen LogP contribution in [0.25, 0.3) is 5.69 Å². The van der Waals surface area contributed by atoms with Crippen molar-refractivity contribution in [2.24, 2.45) is 0 Å². The second-order valence-corrected chi connectivity index (χ2v) is 10.1. The van der Waals surface area contributed by atoms with Gasteiger partial charge in [-0.25, -0.2) is 4.68 Å². The molecule has 2 amide bonds. The number of fused-ring (bicyclic) bond motifs is 1. The van der Waals surface area contributed by atoms with Gasteiger partial charge in [0.1, 0.15) is 5.00 Å². The Hall–Kier alpha value is -3.30. The SMILES string of the molecule is Cc1cccc(-n2ccc(=O)c(C(=O)Nc3sc4c(c3C(=O)NC[C@@H]3CCCO3)CCCC4)n2)c1. The number of ether oxygens (including phenoxy) is 1. The fourth-order valence-corrected chi connectivity index (χ4v) is 5.92. The zero-order valence-corrected chi connectivity index (χ0v) is 20.5. The molecule has 2 aliphatic rings. The predicted octanol–water partition coefficient (Wildman–Crippen LogP) is 3.64. The van der Waals surface area contributed by atoms with E-state index in [-0.39, 0.29) is 17.7 Å². The number of aromatic nitrogens is 2. The number of thiophene rings is 1. The molecule has 1 fully saturated rings. The summed E-state index contributed by atoms with van der Waals surface area (Å²) >= 11 is 1.42. The Labute approximate surface area is 207 Å². The van der Waals surface area contributed by atoms with Crippen molar-refractivity contribution >= 4 is 28.2 Å². The summed E-state index contributed by atoms with van der Waals surface area (Å²) in [5.41, 5.74) is 2.60. The van der Waals surface area contributed by atoms with E-state index < -0.39 is 11.3 Å². The number of nitrogens with zero attached hydrogens (tertiary/aromatic N) is 2. The molecule has 182 valence electrons. The second-order valence-electron chi connectivity index (χ2n) is 9.03. The van der Waals surface area contributed by atoms with E-state index in [2.05, 4.69) is 15.7 Å². The summed E-state index contributed by atoms with van der Waals surface area (Å²) in [7, 11) is 0. The maximum atomic E-state index is 13.2. The molecule has 35 heavy (non-hydrogen) atoms. The normalized spacial score (nSPS) is 17.1. The average molecular weight is 493 g/mol. The summed E-state index contributed by atoms with van der Waals surface area (Å²) in [5, 5.41) is 10.6. The maximum absolute atomic E-state index is 13.2. The molecule has 0 saturated carbocycles. The van der Waals surface area contributed by atoms with Gasteiger partial charge in [0.25, 0.3) is 11.8 Å². The van der Waals surface area contributed by atoms with Crippen molar-refractivity contribution in [3.8, 4) is 5.69 Å². The Kier molecular flexibility index (Phi) is 6.79. The van der Waals surface area contributed by atoms with Gasteiger partial charge in [-0.15, -0.1) is 11.3 Å². The Bertz CT molecular complexity index is 1320. The van der Waals surface area contributed by atoms with Crippen LogP contribution >= 0.6 is 11.3 Å². The number of hydrogen-bond acceptors (Lipinski definition) is 6. The van der Waals surface area contributed by atoms with Crippen LogP contribution in [0.5, 0.6) is 0 Å². The minimum Gasteiger partial charge on any atom is -0.376 e. The van der Waals surface area contributed by atoms with Gasteiger partial charge >= 0.3 is 0 Å². The summed E-state index contributed by atoms with van der Waals surface area (Å²) in [4.78, 5) is 40.1. The third-order valence-corrected chi connectivity index (χ3v) is 7.64. The summed E-state index contributed by atoms with van der Waals surface area (Å²) < 4.78 is 7.14. The molecule has 0 bridgehead atoms. The molecule has 3 aromatic rings. The molecule has 1 atom stereocenters. The minimum absolute atomic E-state index is 0.0278. The van der Waals surface area contributed by atoms with Crippen LogP contribution < -0.4 is 16.1 Å². The molecule has 1 aromatic carbocycles. The van der Waals surface area contributed by atoms with Gasteiger partial charge in [-0.1, -0.05) is 12.1 Å². The van der Waals surface area contributed by atoms with Gasteiger partial charge in [0, 0.05) is 30.3 Å². The van der Waals surface area contributed by atoms with Crippen LogP contribution in [0.2, 0.25) is 0 Å². The first-order chi connectivity index (χ1) is 17.0. The Morgan fingerprint density at radius 2 is 2.03 bits per heavy atom. The number of amides is 2. The van der Waals surface area contributed by atoms with Crippen LogP contribution in [0.4, 0.5) is 5.00 Å². The highest BCUT2D eigenvalue weighted by Crippen LogP contribution is 2.38. The Morgan fingerprint density at radius 3 is 2.83 bits per heavy atom. The van der Waals surface area contributed by atoms with E-state index >= 15 is 0 Å². The van der Waals surface area contributed by atoms with Crippen LogP contribution in [0.15, 0.2) is 41.3 Å². The van der Waals surface area contributed by atoms with E-state index in [9.17, 15) is 14.4 Å². The zero-order chi connectivity index (χ0) is 24.4. The zero-order valence-electron chi connectivity index (χ0n) is 19.6. The lowest BCUT2D eigenvalue weighted by Crippen LogP contribution is -2.33. The molecule has 1 saturated heterocycles. The molecular weight excluding hydrogens is 464 g/mol. The van der Waals surface area contributed by atoms with Crippen molar-refractivity contribution in [2.45, 2.75) is 51.6 Å². The fraction of sp³-hybridized carbons (Fsp3) is 0.385. The highest BCUT2D eigenvalue weighted by atomic mass is 32.1. The van der Waals surface area contributed by atoms with Crippen molar-refractivity contribution in [1.82, 2.24) is 15.1 Å². The van der Waals surface area contributed by atoms with Gasteiger partial charge in [-0.05, 0) is 68.7 Å². The third kappa shape index (κ3) is 5.06. The largest absolute Gasteiger partial charge is 0.376 e. The van der Waals surface area contributed by atoms with Crippen molar-refractivity contribution in [3.63, 3.8) is 0 Å². The molecule has 0 unspecified atom stereocenters. The summed E-state index contributed by atoms with van der Waals surface area (Å²) in [6.45, 7) is 3.13. The number of carbonyl (C=O) groups excluding carboxylic acids is 2. The van der Waals surface area contributed by atoms with Gasteiger partial charge in [-0.3, -0.25) is 14.4 Å². The lowest BCUT2D eigenvalue weighted by atomic mass is 9.95. The van der Waals surface area contributed by atoms with Crippen LogP contribution in [0, 0.1) is 6.92 Å². The predicted molar refractivity (Wildman–Crippen MR) is 135 cm³/mol. The number of nitrogens with one attached hydrogen (secondary N) is 2.